The Morgan fingerprint density at radius 1 is 1.62 bits per heavy atom. The quantitative estimate of drug-likeness (QED) is 0.923. The molecule has 6 nitrogen and oxygen atoms in total. The number of morpholine rings is 1. The lowest BCUT2D eigenvalue weighted by molar-refractivity contribution is -0.0872. The molecule has 1 atom stereocenters. The van der Waals surface area contributed by atoms with Crippen LogP contribution in [0.1, 0.15) is 26.0 Å². The molecule has 1 N–H and O–H groups in total. The SMILES string of the molecule is CCC1(C)CN(C(=O)NCc2csc(N(C)C)n2)CCO1. The van der Waals surface area contributed by atoms with Crippen molar-refractivity contribution in [1.82, 2.24) is 15.2 Å². The van der Waals surface area contributed by atoms with Crippen molar-refractivity contribution in [3.05, 3.63) is 11.1 Å². The summed E-state index contributed by atoms with van der Waals surface area (Å²) in [6.45, 7) is 6.47. The molecule has 2 amide bonds. The smallest absolute Gasteiger partial charge is 0.317 e. The van der Waals surface area contributed by atoms with Crippen molar-refractivity contribution in [2.75, 3.05) is 38.7 Å². The van der Waals surface area contributed by atoms with Crippen LogP contribution in [0, 0.1) is 0 Å². The van der Waals surface area contributed by atoms with E-state index in [1.165, 1.54) is 0 Å². The summed E-state index contributed by atoms with van der Waals surface area (Å²) in [4.78, 5) is 20.5. The normalized spacial score (nSPS) is 22.2. The minimum atomic E-state index is -0.228. The number of aromatic nitrogens is 1. The molecule has 1 aromatic heterocycles. The van der Waals surface area contributed by atoms with Crippen molar-refractivity contribution in [3.63, 3.8) is 0 Å². The predicted octanol–water partition coefficient (Wildman–Crippen LogP) is 1.92. The number of nitrogens with zero attached hydrogens (tertiary/aromatic N) is 3. The van der Waals surface area contributed by atoms with Gasteiger partial charge in [0.05, 0.1) is 31.0 Å². The number of nitrogens with one attached hydrogen (secondary N) is 1. The Bertz CT molecular complexity index is 491. The average molecular weight is 312 g/mol. The van der Waals surface area contributed by atoms with Crippen LogP contribution in [0.25, 0.3) is 0 Å². The molecule has 1 aliphatic heterocycles. The van der Waals surface area contributed by atoms with Crippen LogP contribution in [0.4, 0.5) is 9.93 Å². The number of carbonyl (C=O) groups excluding carboxylic acids is 1. The van der Waals surface area contributed by atoms with Gasteiger partial charge in [0.2, 0.25) is 0 Å². The van der Waals surface area contributed by atoms with Gasteiger partial charge in [0, 0.05) is 26.0 Å². The molecule has 7 heteroatoms. The van der Waals surface area contributed by atoms with Crippen LogP contribution in [0.2, 0.25) is 0 Å². The van der Waals surface area contributed by atoms with E-state index in [4.69, 9.17) is 4.74 Å². The van der Waals surface area contributed by atoms with Crippen molar-refractivity contribution >= 4 is 22.5 Å². The second-order valence-corrected chi connectivity index (χ2v) is 6.58. The second kappa shape index (κ2) is 6.62. The molecule has 1 aromatic rings. The zero-order chi connectivity index (χ0) is 15.5. The number of rotatable bonds is 4. The van der Waals surface area contributed by atoms with Gasteiger partial charge in [-0.1, -0.05) is 6.92 Å². The van der Waals surface area contributed by atoms with E-state index in [9.17, 15) is 4.79 Å². The van der Waals surface area contributed by atoms with Gasteiger partial charge in [0.25, 0.3) is 0 Å². The summed E-state index contributed by atoms with van der Waals surface area (Å²) in [5.74, 6) is 0. The van der Waals surface area contributed by atoms with Gasteiger partial charge in [0.15, 0.2) is 5.13 Å². The number of amides is 2. The lowest BCUT2D eigenvalue weighted by Gasteiger charge is -2.39. The summed E-state index contributed by atoms with van der Waals surface area (Å²) in [6, 6.07) is -0.0441. The third kappa shape index (κ3) is 4.07. The summed E-state index contributed by atoms with van der Waals surface area (Å²) in [5.41, 5.74) is 0.664. The monoisotopic (exact) mass is 312 g/mol. The van der Waals surface area contributed by atoms with E-state index in [0.717, 1.165) is 17.2 Å². The minimum Gasteiger partial charge on any atom is -0.372 e. The number of carbonyl (C=O) groups is 1. The van der Waals surface area contributed by atoms with Crippen LogP contribution in [0.15, 0.2) is 5.38 Å². The number of hydrogen-bond donors (Lipinski definition) is 1. The molecule has 2 heterocycles. The molecule has 0 aliphatic carbocycles. The highest BCUT2D eigenvalue weighted by molar-refractivity contribution is 7.13. The van der Waals surface area contributed by atoms with Gasteiger partial charge in [-0.15, -0.1) is 11.3 Å². The molecule has 0 saturated carbocycles. The molecule has 0 bridgehead atoms. The van der Waals surface area contributed by atoms with Crippen LogP contribution < -0.4 is 10.2 Å². The van der Waals surface area contributed by atoms with Crippen LogP contribution in [0.5, 0.6) is 0 Å². The Kier molecular flexibility index (Phi) is 5.05. The molecule has 21 heavy (non-hydrogen) atoms. The molecule has 1 aliphatic rings. The Balaban J connectivity index is 1.86. The maximum absolute atomic E-state index is 12.2. The first-order chi connectivity index (χ1) is 9.93. The van der Waals surface area contributed by atoms with Crippen LogP contribution in [-0.2, 0) is 11.3 Å². The minimum absolute atomic E-state index is 0.0441. The maximum Gasteiger partial charge on any atom is 0.317 e. The number of urea groups is 1. The third-order valence-electron chi connectivity index (χ3n) is 3.72. The van der Waals surface area contributed by atoms with Crippen molar-refractivity contribution in [3.8, 4) is 0 Å². The first-order valence-corrected chi connectivity index (χ1v) is 8.10. The summed E-state index contributed by atoms with van der Waals surface area (Å²) in [5, 5.41) is 5.87. The highest BCUT2D eigenvalue weighted by atomic mass is 32.1. The fourth-order valence-corrected chi connectivity index (χ4v) is 2.94. The summed E-state index contributed by atoms with van der Waals surface area (Å²) in [6.07, 6.45) is 0.898. The molecule has 2 rings (SSSR count). The topological polar surface area (TPSA) is 57.7 Å². The zero-order valence-electron chi connectivity index (χ0n) is 13.2. The van der Waals surface area contributed by atoms with E-state index in [2.05, 4.69) is 24.1 Å². The maximum atomic E-state index is 12.2. The van der Waals surface area contributed by atoms with E-state index in [-0.39, 0.29) is 11.6 Å². The van der Waals surface area contributed by atoms with Gasteiger partial charge in [-0.3, -0.25) is 0 Å². The fraction of sp³-hybridized carbons (Fsp3) is 0.714. The summed E-state index contributed by atoms with van der Waals surface area (Å²) < 4.78 is 5.75. The molecular weight excluding hydrogens is 288 g/mol. The van der Waals surface area contributed by atoms with E-state index >= 15 is 0 Å². The van der Waals surface area contributed by atoms with E-state index < -0.39 is 0 Å². The first kappa shape index (κ1) is 16.0. The number of hydrogen-bond acceptors (Lipinski definition) is 5. The molecule has 1 saturated heterocycles. The Morgan fingerprint density at radius 3 is 3.00 bits per heavy atom. The molecule has 0 radical (unpaired) electrons. The largest absolute Gasteiger partial charge is 0.372 e. The van der Waals surface area contributed by atoms with Crippen molar-refractivity contribution in [2.45, 2.75) is 32.4 Å². The molecular formula is C14H24N4O2S. The summed E-state index contributed by atoms with van der Waals surface area (Å²) in [7, 11) is 3.92. The molecule has 0 aromatic carbocycles. The highest BCUT2D eigenvalue weighted by Gasteiger charge is 2.32. The average Bonchev–Trinajstić information content (AvgIpc) is 2.94. The fourth-order valence-electron chi connectivity index (χ4n) is 2.18. The third-order valence-corrected chi connectivity index (χ3v) is 4.77. The number of anilines is 1. The molecule has 0 spiro atoms. The van der Waals surface area contributed by atoms with Crippen molar-refractivity contribution in [2.24, 2.45) is 0 Å². The molecule has 118 valence electrons. The second-order valence-electron chi connectivity index (χ2n) is 5.75. The predicted molar refractivity (Wildman–Crippen MR) is 84.9 cm³/mol. The van der Waals surface area contributed by atoms with Gasteiger partial charge in [0.1, 0.15) is 0 Å². The standard InChI is InChI=1S/C14H24N4O2S/c1-5-14(2)10-18(6-7-20-14)12(19)15-8-11-9-21-13(16-11)17(3)4/h9H,5-8,10H2,1-4H3,(H,15,19). The van der Waals surface area contributed by atoms with Gasteiger partial charge >= 0.3 is 6.03 Å². The molecule has 1 fully saturated rings. The highest BCUT2D eigenvalue weighted by Crippen LogP contribution is 2.21. The van der Waals surface area contributed by atoms with E-state index in [1.54, 1.807) is 11.3 Å². The lowest BCUT2D eigenvalue weighted by atomic mass is 10.0. The zero-order valence-corrected chi connectivity index (χ0v) is 14.0. The van der Waals surface area contributed by atoms with Crippen LogP contribution in [-0.4, -0.2) is 55.3 Å². The lowest BCUT2D eigenvalue weighted by Crippen LogP contribution is -2.54. The Hall–Kier alpha value is -1.34. The van der Waals surface area contributed by atoms with Gasteiger partial charge < -0.3 is 19.9 Å². The van der Waals surface area contributed by atoms with E-state index in [0.29, 0.717) is 26.2 Å². The Morgan fingerprint density at radius 2 is 2.38 bits per heavy atom. The van der Waals surface area contributed by atoms with Crippen molar-refractivity contribution < 1.29 is 9.53 Å². The number of thiazole rings is 1. The molecule has 1 unspecified atom stereocenters. The van der Waals surface area contributed by atoms with E-state index in [1.807, 2.05) is 29.3 Å². The van der Waals surface area contributed by atoms with Crippen LogP contribution in [0.3, 0.4) is 0 Å². The van der Waals surface area contributed by atoms with Gasteiger partial charge in [-0.25, -0.2) is 9.78 Å². The number of ether oxygens (including phenoxy) is 1. The van der Waals surface area contributed by atoms with Crippen molar-refractivity contribution in [1.29, 1.82) is 0 Å². The van der Waals surface area contributed by atoms with Crippen LogP contribution >= 0.6 is 11.3 Å². The van der Waals surface area contributed by atoms with Gasteiger partial charge in [-0.2, -0.15) is 0 Å². The first-order valence-electron chi connectivity index (χ1n) is 7.22. The van der Waals surface area contributed by atoms with Gasteiger partial charge in [-0.05, 0) is 13.3 Å². The summed E-state index contributed by atoms with van der Waals surface area (Å²) >= 11 is 1.58. The Labute approximate surface area is 130 Å².